The molecule has 112 valence electrons. The summed E-state index contributed by atoms with van der Waals surface area (Å²) in [5.41, 5.74) is 1.15. The number of hydrogen-bond donors (Lipinski definition) is 2. The molecular weight excluding hydrogens is 268 g/mol. The van der Waals surface area contributed by atoms with Crippen molar-refractivity contribution in [2.24, 2.45) is 5.92 Å². The van der Waals surface area contributed by atoms with Crippen LogP contribution in [0.4, 0.5) is 5.69 Å². The van der Waals surface area contributed by atoms with Gasteiger partial charge in [0.05, 0.1) is 24.3 Å². The molecule has 1 saturated carbocycles. The Bertz CT molecular complexity index is 551. The van der Waals surface area contributed by atoms with E-state index in [0.29, 0.717) is 23.4 Å². The number of carboxylic acids is 1. The van der Waals surface area contributed by atoms with Gasteiger partial charge in [-0.2, -0.15) is 5.26 Å². The molecule has 5 heteroatoms. The number of carbonyl (C=O) groups is 1. The zero-order valence-corrected chi connectivity index (χ0v) is 12.1. The summed E-state index contributed by atoms with van der Waals surface area (Å²) in [5.74, 6) is -0.530. The van der Waals surface area contributed by atoms with Crippen molar-refractivity contribution in [3.63, 3.8) is 0 Å². The first-order valence-electron chi connectivity index (χ1n) is 7.23. The number of benzene rings is 1. The third-order valence-corrected chi connectivity index (χ3v) is 4.02. The van der Waals surface area contributed by atoms with Gasteiger partial charge in [0.1, 0.15) is 11.8 Å². The fourth-order valence-corrected chi connectivity index (χ4v) is 2.84. The number of rotatable bonds is 4. The Labute approximate surface area is 124 Å². The van der Waals surface area contributed by atoms with E-state index in [1.54, 1.807) is 25.3 Å². The van der Waals surface area contributed by atoms with Gasteiger partial charge in [0.25, 0.3) is 0 Å². The second kappa shape index (κ2) is 6.98. The van der Waals surface area contributed by atoms with Gasteiger partial charge in [0.15, 0.2) is 0 Å². The Kier molecular flexibility index (Phi) is 5.04. The normalized spacial score (nSPS) is 21.9. The van der Waals surface area contributed by atoms with Crippen molar-refractivity contribution < 1.29 is 14.6 Å². The Balaban J connectivity index is 2.25. The predicted octanol–water partition coefficient (Wildman–Crippen LogP) is 3.01. The van der Waals surface area contributed by atoms with Gasteiger partial charge in [-0.1, -0.05) is 19.3 Å². The van der Waals surface area contributed by atoms with Gasteiger partial charge in [0.2, 0.25) is 0 Å². The second-order valence-corrected chi connectivity index (χ2v) is 5.36. The van der Waals surface area contributed by atoms with E-state index >= 15 is 0 Å². The van der Waals surface area contributed by atoms with E-state index in [4.69, 9.17) is 4.74 Å². The third-order valence-electron chi connectivity index (χ3n) is 4.02. The predicted molar refractivity (Wildman–Crippen MR) is 79.3 cm³/mol. The minimum absolute atomic E-state index is 0.149. The highest BCUT2D eigenvalue weighted by molar-refractivity contribution is 5.72. The van der Waals surface area contributed by atoms with E-state index in [9.17, 15) is 15.2 Å². The van der Waals surface area contributed by atoms with Crippen LogP contribution in [-0.4, -0.2) is 24.2 Å². The summed E-state index contributed by atoms with van der Waals surface area (Å²) < 4.78 is 5.18. The summed E-state index contributed by atoms with van der Waals surface area (Å²) in [5, 5.41) is 21.9. The van der Waals surface area contributed by atoms with Gasteiger partial charge in [-0.3, -0.25) is 4.79 Å². The number of methoxy groups -OCH3 is 1. The van der Waals surface area contributed by atoms with Crippen LogP contribution in [0.3, 0.4) is 0 Å². The molecule has 2 atom stereocenters. The molecule has 1 fully saturated rings. The molecular formula is C16H20N2O3. The van der Waals surface area contributed by atoms with E-state index in [0.717, 1.165) is 25.7 Å². The van der Waals surface area contributed by atoms with Crippen LogP contribution in [0.5, 0.6) is 5.75 Å². The quantitative estimate of drug-likeness (QED) is 0.832. The van der Waals surface area contributed by atoms with Crippen molar-refractivity contribution in [1.29, 1.82) is 5.26 Å². The first-order valence-corrected chi connectivity index (χ1v) is 7.23. The van der Waals surface area contributed by atoms with Crippen molar-refractivity contribution in [3.8, 4) is 11.8 Å². The zero-order chi connectivity index (χ0) is 15.2. The average Bonchev–Trinajstić information content (AvgIpc) is 2.72. The van der Waals surface area contributed by atoms with Crippen molar-refractivity contribution in [3.05, 3.63) is 23.8 Å². The number of carboxylic acid groups (broad SMARTS) is 1. The van der Waals surface area contributed by atoms with E-state index < -0.39 is 11.9 Å². The van der Waals surface area contributed by atoms with Gasteiger partial charge >= 0.3 is 5.97 Å². The number of hydrogen-bond acceptors (Lipinski definition) is 4. The molecule has 2 rings (SSSR count). The molecule has 0 saturated heterocycles. The van der Waals surface area contributed by atoms with Gasteiger partial charge in [-0.25, -0.2) is 0 Å². The van der Waals surface area contributed by atoms with Crippen LogP contribution >= 0.6 is 0 Å². The fourth-order valence-electron chi connectivity index (χ4n) is 2.84. The van der Waals surface area contributed by atoms with E-state index in [-0.39, 0.29) is 6.04 Å². The van der Waals surface area contributed by atoms with Gasteiger partial charge in [0, 0.05) is 12.1 Å². The van der Waals surface area contributed by atoms with Crippen molar-refractivity contribution >= 4 is 11.7 Å². The van der Waals surface area contributed by atoms with E-state index in [2.05, 4.69) is 11.4 Å². The lowest BCUT2D eigenvalue weighted by Gasteiger charge is -2.24. The van der Waals surface area contributed by atoms with Crippen LogP contribution in [0.1, 0.15) is 37.7 Å². The Morgan fingerprint density at radius 2 is 2.14 bits per heavy atom. The molecule has 1 aromatic carbocycles. The van der Waals surface area contributed by atoms with Crippen molar-refractivity contribution in [1.82, 2.24) is 0 Å². The maximum atomic E-state index is 11.5. The smallest absolute Gasteiger partial charge is 0.308 e. The number of anilines is 1. The lowest BCUT2D eigenvalue weighted by atomic mass is 9.94. The molecule has 0 spiro atoms. The minimum atomic E-state index is -0.768. The SMILES string of the molecule is COc1ccc(C#N)c(NC2CCCCCC2C(=O)O)c1. The standard InChI is InChI=1S/C16H20N2O3/c1-21-12-8-7-11(10-17)15(9-12)18-14-6-4-2-3-5-13(14)16(19)20/h7-9,13-14,18H,2-6H2,1H3,(H,19,20). The zero-order valence-electron chi connectivity index (χ0n) is 12.1. The summed E-state index contributed by atoms with van der Waals surface area (Å²) in [4.78, 5) is 11.5. The molecule has 21 heavy (non-hydrogen) atoms. The summed E-state index contributed by atoms with van der Waals surface area (Å²) >= 11 is 0. The van der Waals surface area contributed by atoms with Gasteiger partial charge < -0.3 is 15.2 Å². The lowest BCUT2D eigenvalue weighted by molar-refractivity contribution is -0.142. The summed E-state index contributed by atoms with van der Waals surface area (Å²) in [6.07, 6.45) is 4.49. The number of ether oxygens (including phenoxy) is 1. The number of nitriles is 1. The van der Waals surface area contributed by atoms with Crippen LogP contribution in [0.25, 0.3) is 0 Å². The first-order chi connectivity index (χ1) is 10.2. The highest BCUT2D eigenvalue weighted by atomic mass is 16.5. The lowest BCUT2D eigenvalue weighted by Crippen LogP contribution is -2.34. The third kappa shape index (κ3) is 3.66. The molecule has 0 bridgehead atoms. The molecule has 2 N–H and O–H groups in total. The molecule has 2 unspecified atom stereocenters. The number of nitrogens with one attached hydrogen (secondary N) is 1. The summed E-state index contributed by atoms with van der Waals surface area (Å²) in [6, 6.07) is 7.15. The highest BCUT2D eigenvalue weighted by Crippen LogP contribution is 2.29. The van der Waals surface area contributed by atoms with Crippen molar-refractivity contribution in [2.45, 2.75) is 38.1 Å². The molecule has 5 nitrogen and oxygen atoms in total. The molecule has 0 radical (unpaired) electrons. The molecule has 0 aliphatic heterocycles. The highest BCUT2D eigenvalue weighted by Gasteiger charge is 2.29. The molecule has 0 amide bonds. The Morgan fingerprint density at radius 1 is 1.38 bits per heavy atom. The van der Waals surface area contributed by atoms with Crippen LogP contribution < -0.4 is 10.1 Å². The number of nitrogens with zero attached hydrogens (tertiary/aromatic N) is 1. The topological polar surface area (TPSA) is 82.3 Å². The average molecular weight is 288 g/mol. The maximum absolute atomic E-state index is 11.5. The van der Waals surface area contributed by atoms with E-state index in [1.807, 2.05) is 0 Å². The van der Waals surface area contributed by atoms with Crippen LogP contribution in [-0.2, 0) is 4.79 Å². The minimum Gasteiger partial charge on any atom is -0.497 e. The second-order valence-electron chi connectivity index (χ2n) is 5.36. The monoisotopic (exact) mass is 288 g/mol. The number of aliphatic carboxylic acids is 1. The fraction of sp³-hybridized carbons (Fsp3) is 0.500. The first kappa shape index (κ1) is 15.2. The van der Waals surface area contributed by atoms with Gasteiger partial charge in [-0.05, 0) is 25.0 Å². The molecule has 1 aromatic rings. The molecule has 0 heterocycles. The van der Waals surface area contributed by atoms with Gasteiger partial charge in [-0.15, -0.1) is 0 Å². The van der Waals surface area contributed by atoms with E-state index in [1.165, 1.54) is 0 Å². The molecule has 1 aliphatic rings. The largest absolute Gasteiger partial charge is 0.497 e. The Hall–Kier alpha value is -2.22. The maximum Gasteiger partial charge on any atom is 0.308 e. The summed E-state index contributed by atoms with van der Waals surface area (Å²) in [7, 11) is 1.57. The Morgan fingerprint density at radius 3 is 2.81 bits per heavy atom. The van der Waals surface area contributed by atoms with Crippen LogP contribution in [0, 0.1) is 17.2 Å². The van der Waals surface area contributed by atoms with Crippen LogP contribution in [0.2, 0.25) is 0 Å². The van der Waals surface area contributed by atoms with Crippen molar-refractivity contribution in [2.75, 3.05) is 12.4 Å². The van der Waals surface area contributed by atoms with Crippen LogP contribution in [0.15, 0.2) is 18.2 Å². The molecule has 1 aliphatic carbocycles. The summed E-state index contributed by atoms with van der Waals surface area (Å²) in [6.45, 7) is 0. The molecule has 0 aromatic heterocycles.